The average Bonchev–Trinajstić information content (AvgIpc) is 1.10. The maximum atomic E-state index is 11.3. The Morgan fingerprint density at radius 3 is 0.918 bits per heavy atom. The molecule has 22 heteroatoms. The predicted octanol–water partition coefficient (Wildman–Crippen LogP) is 17.0. The summed E-state index contributed by atoms with van der Waals surface area (Å²) in [5.41, 5.74) is 6.84. The van der Waals surface area contributed by atoms with Gasteiger partial charge in [-0.25, -0.2) is 0 Å². The minimum Gasteiger partial charge on any atom is -0.481 e. The van der Waals surface area contributed by atoms with Gasteiger partial charge in [0.05, 0.1) is 61.4 Å². The molecule has 0 aromatic heterocycles. The molecule has 0 radical (unpaired) electrons. The van der Waals surface area contributed by atoms with Gasteiger partial charge in [0.1, 0.15) is 0 Å². The molecule has 7 atom stereocenters. The summed E-state index contributed by atoms with van der Waals surface area (Å²) < 4.78 is 10.8. The number of hydrogen-bond acceptors (Lipinski definition) is 10. The number of carboxylic acid groups (broad SMARTS) is 6. The molecule has 98 heavy (non-hydrogen) atoms. The second-order valence-corrected chi connectivity index (χ2v) is 25.7. The van der Waals surface area contributed by atoms with Gasteiger partial charge in [-0.15, -0.1) is 6.58 Å². The quantitative estimate of drug-likeness (QED) is 0.0202. The number of ether oxygens (including phenoxy) is 2. The van der Waals surface area contributed by atoms with Crippen LogP contribution in [0.3, 0.4) is 0 Å². The SMILES string of the molecule is C=CC[C@H](Cc1ccc(Cl)cc1)C(=O)O.CC[C@H](Cc1ccc(Cl)cc1)C(=O)O.CC[C@H](Cc1ccc(Cl)cc1)C(=O)O.O=C(O)[C@@H](Cc1ccc(Cl)cc1)CC(O)CO.O=C(O)[C@@H](Cc1ccc(Cl)cc1)CC1OCCCO1.O=C(O)[C@H](Cc1ccccc1)Cc1ccc(Cl)cc1. The van der Waals surface area contributed by atoms with E-state index in [1.807, 2.05) is 105 Å². The lowest BCUT2D eigenvalue weighted by molar-refractivity contribution is -0.190. The molecule has 1 fully saturated rings. The molecule has 8 N–H and O–H groups in total. The van der Waals surface area contributed by atoms with Gasteiger partial charge in [0.2, 0.25) is 0 Å². The van der Waals surface area contributed by atoms with Gasteiger partial charge in [-0.2, -0.15) is 0 Å². The fraction of sp³-hybridized carbons (Fsp3) is 0.342. The van der Waals surface area contributed by atoms with E-state index < -0.39 is 78.5 Å². The molecular weight excluding hydrogens is 1380 g/mol. The number of hydrogen-bond donors (Lipinski definition) is 8. The Bertz CT molecular complexity index is 3380. The number of halogens is 6. The summed E-state index contributed by atoms with van der Waals surface area (Å²) in [7, 11) is 0. The molecule has 7 aromatic rings. The van der Waals surface area contributed by atoms with Gasteiger partial charge in [-0.3, -0.25) is 28.8 Å². The average molecular weight is 1470 g/mol. The van der Waals surface area contributed by atoms with E-state index in [1.165, 1.54) is 0 Å². The summed E-state index contributed by atoms with van der Waals surface area (Å²) in [6.07, 6.45) is 6.77. The Labute approximate surface area is 603 Å². The van der Waals surface area contributed by atoms with Gasteiger partial charge in [-0.1, -0.05) is 193 Å². The highest BCUT2D eigenvalue weighted by atomic mass is 35.5. The van der Waals surface area contributed by atoms with Crippen LogP contribution in [-0.4, -0.2) is 109 Å². The number of aliphatic hydroxyl groups is 2. The van der Waals surface area contributed by atoms with Gasteiger partial charge in [0.15, 0.2) is 6.29 Å². The van der Waals surface area contributed by atoms with Crippen molar-refractivity contribution < 1.29 is 79.1 Å². The van der Waals surface area contributed by atoms with E-state index in [9.17, 15) is 44.1 Å². The van der Waals surface area contributed by atoms with Crippen LogP contribution in [0.25, 0.3) is 0 Å². The summed E-state index contributed by atoms with van der Waals surface area (Å²) in [6, 6.07) is 53.0. The van der Waals surface area contributed by atoms with Gasteiger partial charge in [-0.05, 0) is 189 Å². The second-order valence-electron chi connectivity index (χ2n) is 23.1. The molecular formula is C76H86Cl6O16. The zero-order valence-electron chi connectivity index (χ0n) is 54.6. The third-order valence-electron chi connectivity index (χ3n) is 15.4. The van der Waals surface area contributed by atoms with Gasteiger partial charge in [0.25, 0.3) is 0 Å². The van der Waals surface area contributed by atoms with Crippen molar-refractivity contribution in [2.75, 3.05) is 19.8 Å². The molecule has 1 unspecified atom stereocenters. The summed E-state index contributed by atoms with van der Waals surface area (Å²) in [5.74, 6) is -7.45. The molecule has 0 bridgehead atoms. The largest absolute Gasteiger partial charge is 0.481 e. The molecule has 1 saturated heterocycles. The van der Waals surface area contributed by atoms with Crippen LogP contribution in [0.5, 0.6) is 0 Å². The van der Waals surface area contributed by atoms with E-state index in [0.717, 1.165) is 45.4 Å². The zero-order valence-corrected chi connectivity index (χ0v) is 59.1. The van der Waals surface area contributed by atoms with Crippen LogP contribution in [0.2, 0.25) is 30.1 Å². The molecule has 7 aromatic carbocycles. The highest BCUT2D eigenvalue weighted by Gasteiger charge is 2.26. The maximum Gasteiger partial charge on any atom is 0.307 e. The molecule has 0 spiro atoms. The van der Waals surface area contributed by atoms with Crippen LogP contribution < -0.4 is 0 Å². The van der Waals surface area contributed by atoms with Crippen molar-refractivity contribution in [3.05, 3.63) is 258 Å². The van der Waals surface area contributed by atoms with E-state index in [1.54, 1.807) is 91.0 Å². The van der Waals surface area contributed by atoms with Crippen LogP contribution in [0, 0.1) is 35.5 Å². The minimum absolute atomic E-state index is 0.0362. The number of carboxylic acids is 6. The number of aliphatic hydroxyl groups excluding tert-OH is 2. The fourth-order valence-corrected chi connectivity index (χ4v) is 10.5. The minimum atomic E-state index is -0.997. The highest BCUT2D eigenvalue weighted by molar-refractivity contribution is 6.32. The predicted molar refractivity (Wildman–Crippen MR) is 386 cm³/mol. The summed E-state index contributed by atoms with van der Waals surface area (Å²) in [4.78, 5) is 66.1. The number of benzene rings is 7. The van der Waals surface area contributed by atoms with Crippen LogP contribution in [0.15, 0.2) is 189 Å². The zero-order chi connectivity index (χ0) is 72.5. The maximum absolute atomic E-state index is 11.3. The van der Waals surface area contributed by atoms with Crippen LogP contribution in [-0.2, 0) is 83.2 Å². The molecule has 1 aliphatic rings. The van der Waals surface area contributed by atoms with Gasteiger partial charge < -0.3 is 50.3 Å². The molecule has 528 valence electrons. The monoisotopic (exact) mass is 1460 g/mol. The lowest BCUT2D eigenvalue weighted by Gasteiger charge is -2.25. The Hall–Kier alpha value is -7.32. The lowest BCUT2D eigenvalue weighted by Crippen LogP contribution is -2.30. The molecule has 0 amide bonds. The van der Waals surface area contributed by atoms with Crippen molar-refractivity contribution in [2.45, 2.75) is 110 Å². The van der Waals surface area contributed by atoms with Crippen LogP contribution >= 0.6 is 69.6 Å². The molecule has 0 saturated carbocycles. The van der Waals surface area contributed by atoms with Gasteiger partial charge >= 0.3 is 35.8 Å². The van der Waals surface area contributed by atoms with Crippen molar-refractivity contribution in [1.82, 2.24) is 0 Å². The van der Waals surface area contributed by atoms with Crippen LogP contribution in [0.1, 0.15) is 91.3 Å². The number of carbonyl (C=O) groups is 6. The smallest absolute Gasteiger partial charge is 0.307 e. The summed E-state index contributed by atoms with van der Waals surface area (Å²) >= 11 is 34.6. The fourth-order valence-electron chi connectivity index (χ4n) is 9.71. The summed E-state index contributed by atoms with van der Waals surface area (Å²) in [6.45, 7) is 8.17. The van der Waals surface area contributed by atoms with E-state index in [4.69, 9.17) is 105 Å². The van der Waals surface area contributed by atoms with Crippen molar-refractivity contribution in [3.8, 4) is 0 Å². The first-order valence-electron chi connectivity index (χ1n) is 31.7. The van der Waals surface area contributed by atoms with Crippen LogP contribution in [0.4, 0.5) is 0 Å². The molecule has 1 heterocycles. The second kappa shape index (κ2) is 47.6. The number of rotatable bonds is 29. The third kappa shape index (κ3) is 36.0. The van der Waals surface area contributed by atoms with Crippen molar-refractivity contribution in [3.63, 3.8) is 0 Å². The van der Waals surface area contributed by atoms with E-state index >= 15 is 0 Å². The topological polar surface area (TPSA) is 283 Å². The number of aliphatic carboxylic acids is 6. The first-order chi connectivity index (χ1) is 46.7. The van der Waals surface area contributed by atoms with E-state index in [2.05, 4.69) is 6.58 Å². The summed E-state index contributed by atoms with van der Waals surface area (Å²) in [5, 5.41) is 76.2. The Balaban J connectivity index is 0.000000308. The molecule has 8 rings (SSSR count). The highest BCUT2D eigenvalue weighted by Crippen LogP contribution is 2.24. The third-order valence-corrected chi connectivity index (χ3v) is 16.9. The van der Waals surface area contributed by atoms with Crippen molar-refractivity contribution >= 4 is 105 Å². The molecule has 1 aliphatic heterocycles. The Morgan fingerprint density at radius 1 is 0.398 bits per heavy atom. The van der Waals surface area contributed by atoms with Crippen molar-refractivity contribution in [2.24, 2.45) is 35.5 Å². The lowest BCUT2D eigenvalue weighted by atomic mass is 9.93. The molecule has 16 nitrogen and oxygen atoms in total. The van der Waals surface area contributed by atoms with E-state index in [-0.39, 0.29) is 18.3 Å². The Morgan fingerprint density at radius 2 is 0.653 bits per heavy atom. The Kier molecular flexibility index (Phi) is 41.3. The molecule has 0 aliphatic carbocycles. The normalized spacial score (nSPS) is 13.7. The standard InChI is InChI=1S/C16H15ClO2.C14H17ClO4.C12H15ClO4.C12H13ClO2.2C11H13ClO2/c17-15-8-6-13(7-9-15)11-14(16(18)19)10-12-4-2-1-3-5-12;15-12-4-2-10(3-5-12)8-11(14(16)17)9-13-18-6-1-7-19-13;13-10-3-1-8(2-4-10)5-9(12(16)17)6-11(15)7-14;1-2-3-10(12(14)15)8-9-4-6-11(13)7-5-9;2*1-2-9(11(13)14)7-8-3-5-10(12)6-4-8/h1-9,14H,10-11H2,(H,18,19);2-5,11,13H,1,6-9H2,(H,16,17);1-4,9,11,14-15H,5-7H2,(H,16,17);2,4-7,10H,1,3,8H2,(H,14,15);2*3-6,9H,2,7H2,1H3,(H,13,14)/t14-;11-;9-,11?;10-;2*9-/m100111/s1. The first-order valence-corrected chi connectivity index (χ1v) is 34.0. The first kappa shape index (κ1) is 84.9. The van der Waals surface area contributed by atoms with Crippen molar-refractivity contribution in [1.29, 1.82) is 0 Å². The number of allylic oxidation sites excluding steroid dienone is 1. The van der Waals surface area contributed by atoms with E-state index in [0.29, 0.717) is 114 Å². The van der Waals surface area contributed by atoms with Gasteiger partial charge in [0, 0.05) is 36.6 Å².